The van der Waals surface area contributed by atoms with Crippen LogP contribution >= 0.6 is 0 Å². The summed E-state index contributed by atoms with van der Waals surface area (Å²) in [6.07, 6.45) is 3.70. The molecule has 0 amide bonds. The Hall–Kier alpha value is -1.55. The maximum atomic E-state index is 11.2. The number of hydrogen-bond acceptors (Lipinski definition) is 4. The fourth-order valence-electron chi connectivity index (χ4n) is 2.70. The number of methoxy groups -OCH3 is 1. The lowest BCUT2D eigenvalue weighted by Crippen LogP contribution is -2.40. The Morgan fingerprint density at radius 1 is 1.29 bits per heavy atom. The van der Waals surface area contributed by atoms with Crippen molar-refractivity contribution in [1.29, 1.82) is 0 Å². The van der Waals surface area contributed by atoms with Crippen molar-refractivity contribution in [1.82, 2.24) is 5.32 Å². The molecule has 4 heteroatoms. The van der Waals surface area contributed by atoms with E-state index < -0.39 is 0 Å². The van der Waals surface area contributed by atoms with Crippen LogP contribution in [0, 0.1) is 0 Å². The molecular weight excluding hydrogens is 266 g/mol. The first kappa shape index (κ1) is 15.8. The molecule has 0 bridgehead atoms. The van der Waals surface area contributed by atoms with Gasteiger partial charge in [-0.05, 0) is 56.3 Å². The average Bonchev–Trinajstić information content (AvgIpc) is 2.46. The number of hydrogen-bond donors (Lipinski definition) is 1. The van der Waals surface area contributed by atoms with Gasteiger partial charge in [0.1, 0.15) is 5.75 Å². The number of nitrogens with one attached hydrogen (secondary N) is 1. The van der Waals surface area contributed by atoms with Crippen LogP contribution in [0.5, 0.6) is 5.75 Å². The zero-order chi connectivity index (χ0) is 15.1. The zero-order valence-corrected chi connectivity index (χ0v) is 12.9. The summed E-state index contributed by atoms with van der Waals surface area (Å²) in [6.45, 7) is 3.20. The number of carbonyl (C=O) groups excluding carboxylic acids is 1. The maximum Gasteiger partial charge on any atom is 0.305 e. The third-order valence-corrected chi connectivity index (χ3v) is 4.02. The smallest absolute Gasteiger partial charge is 0.305 e. The van der Waals surface area contributed by atoms with E-state index in [2.05, 4.69) is 17.4 Å². The van der Waals surface area contributed by atoms with Crippen molar-refractivity contribution in [2.24, 2.45) is 0 Å². The van der Waals surface area contributed by atoms with E-state index in [0.29, 0.717) is 25.0 Å². The molecule has 1 aliphatic carbocycles. The number of carbonyl (C=O) groups is 1. The molecule has 0 saturated heterocycles. The van der Waals surface area contributed by atoms with E-state index >= 15 is 0 Å². The van der Waals surface area contributed by atoms with Crippen LogP contribution in [0.15, 0.2) is 24.3 Å². The Kier molecular flexibility index (Phi) is 6.05. The first-order chi connectivity index (χ1) is 10.2. The second kappa shape index (κ2) is 8.03. The molecule has 1 aromatic rings. The molecule has 2 rings (SSSR count). The molecular formula is C17H25NO3. The fourth-order valence-corrected chi connectivity index (χ4v) is 2.70. The van der Waals surface area contributed by atoms with Gasteiger partial charge in [-0.2, -0.15) is 0 Å². The van der Waals surface area contributed by atoms with Crippen LogP contribution < -0.4 is 10.1 Å². The summed E-state index contributed by atoms with van der Waals surface area (Å²) in [7, 11) is 1.69. The first-order valence-electron chi connectivity index (χ1n) is 7.76. The van der Waals surface area contributed by atoms with Crippen LogP contribution in [0.25, 0.3) is 0 Å². The first-order valence-corrected chi connectivity index (χ1v) is 7.76. The van der Waals surface area contributed by atoms with Gasteiger partial charge in [-0.1, -0.05) is 12.1 Å². The summed E-state index contributed by atoms with van der Waals surface area (Å²) >= 11 is 0. The molecule has 0 aliphatic heterocycles. The Morgan fingerprint density at radius 2 is 2.00 bits per heavy atom. The highest BCUT2D eigenvalue weighted by Gasteiger charge is 2.29. The van der Waals surface area contributed by atoms with Crippen LogP contribution in [0.3, 0.4) is 0 Å². The quantitative estimate of drug-likeness (QED) is 0.591. The lowest BCUT2D eigenvalue weighted by Gasteiger charge is -2.36. The third kappa shape index (κ3) is 4.74. The number of rotatable bonds is 8. The van der Waals surface area contributed by atoms with Crippen LogP contribution in [0.4, 0.5) is 0 Å². The van der Waals surface area contributed by atoms with Gasteiger partial charge in [0, 0.05) is 12.5 Å². The largest absolute Gasteiger partial charge is 0.497 e. The van der Waals surface area contributed by atoms with Crippen molar-refractivity contribution < 1.29 is 14.3 Å². The van der Waals surface area contributed by atoms with Gasteiger partial charge in [0.25, 0.3) is 0 Å². The van der Waals surface area contributed by atoms with E-state index in [1.54, 1.807) is 7.11 Å². The Labute approximate surface area is 126 Å². The van der Waals surface area contributed by atoms with Crippen molar-refractivity contribution in [3.63, 3.8) is 0 Å². The summed E-state index contributed by atoms with van der Waals surface area (Å²) in [5, 5.41) is 3.51. The van der Waals surface area contributed by atoms with Crippen LogP contribution in [0.1, 0.15) is 44.1 Å². The van der Waals surface area contributed by atoms with Crippen LogP contribution in [-0.2, 0) is 9.53 Å². The minimum absolute atomic E-state index is 0.0935. The molecule has 1 aromatic carbocycles. The summed E-state index contributed by atoms with van der Waals surface area (Å²) in [4.78, 5) is 11.2. The van der Waals surface area contributed by atoms with Crippen molar-refractivity contribution in [3.8, 4) is 5.75 Å². The van der Waals surface area contributed by atoms with E-state index in [1.807, 2.05) is 19.1 Å². The normalized spacial score (nSPS) is 20.7. The molecule has 0 heterocycles. The molecule has 0 aromatic heterocycles. The maximum absolute atomic E-state index is 11.2. The average molecular weight is 291 g/mol. The lowest BCUT2D eigenvalue weighted by atomic mass is 9.76. The predicted molar refractivity (Wildman–Crippen MR) is 82.6 cm³/mol. The molecule has 1 aliphatic rings. The minimum Gasteiger partial charge on any atom is -0.497 e. The van der Waals surface area contributed by atoms with Crippen molar-refractivity contribution >= 4 is 5.97 Å². The zero-order valence-electron chi connectivity index (χ0n) is 12.9. The van der Waals surface area contributed by atoms with Gasteiger partial charge in [-0.25, -0.2) is 0 Å². The molecule has 0 atom stereocenters. The molecule has 1 N–H and O–H groups in total. The van der Waals surface area contributed by atoms with Gasteiger partial charge in [-0.15, -0.1) is 0 Å². The van der Waals surface area contributed by atoms with Gasteiger partial charge in [0.2, 0.25) is 0 Å². The molecule has 4 nitrogen and oxygen atoms in total. The van der Waals surface area contributed by atoms with Crippen LogP contribution in [0.2, 0.25) is 0 Å². The molecule has 1 fully saturated rings. The Bertz CT molecular complexity index is 438. The monoisotopic (exact) mass is 291 g/mol. The second-order valence-corrected chi connectivity index (χ2v) is 5.50. The summed E-state index contributed by atoms with van der Waals surface area (Å²) in [6, 6.07) is 8.94. The number of ether oxygens (including phenoxy) is 2. The molecule has 116 valence electrons. The van der Waals surface area contributed by atoms with Crippen molar-refractivity contribution in [2.75, 3.05) is 20.3 Å². The highest BCUT2D eigenvalue weighted by atomic mass is 16.5. The molecule has 0 spiro atoms. The SMILES string of the molecule is CCOC(=O)CCCNC1CC(c2ccc(OC)cc2)C1. The standard InChI is InChI=1S/C17H25NO3/c1-3-21-17(19)5-4-10-18-15-11-14(12-15)13-6-8-16(20-2)9-7-13/h6-9,14-15,18H,3-5,10-12H2,1-2H3. The van der Waals surface area contributed by atoms with E-state index in [4.69, 9.17) is 9.47 Å². The third-order valence-electron chi connectivity index (χ3n) is 4.02. The number of benzene rings is 1. The molecule has 0 radical (unpaired) electrons. The van der Waals surface area contributed by atoms with E-state index in [-0.39, 0.29) is 5.97 Å². The van der Waals surface area contributed by atoms with Crippen molar-refractivity contribution in [2.45, 2.75) is 44.6 Å². The molecule has 0 unspecified atom stereocenters. The summed E-state index contributed by atoms with van der Waals surface area (Å²) in [5.74, 6) is 1.47. The van der Waals surface area contributed by atoms with Crippen molar-refractivity contribution in [3.05, 3.63) is 29.8 Å². The number of esters is 1. The minimum atomic E-state index is -0.0935. The summed E-state index contributed by atoms with van der Waals surface area (Å²) in [5.41, 5.74) is 1.39. The van der Waals surface area contributed by atoms with Gasteiger partial charge in [0.05, 0.1) is 13.7 Å². The Morgan fingerprint density at radius 3 is 2.62 bits per heavy atom. The highest BCUT2D eigenvalue weighted by molar-refractivity contribution is 5.69. The Balaban J connectivity index is 1.59. The molecule has 21 heavy (non-hydrogen) atoms. The fraction of sp³-hybridized carbons (Fsp3) is 0.588. The van der Waals surface area contributed by atoms with E-state index in [1.165, 1.54) is 18.4 Å². The van der Waals surface area contributed by atoms with Gasteiger partial charge in [-0.3, -0.25) is 4.79 Å². The highest BCUT2D eigenvalue weighted by Crippen LogP contribution is 2.37. The van der Waals surface area contributed by atoms with Gasteiger partial charge < -0.3 is 14.8 Å². The topological polar surface area (TPSA) is 47.6 Å². The second-order valence-electron chi connectivity index (χ2n) is 5.50. The predicted octanol–water partition coefficient (Wildman–Crippen LogP) is 2.87. The molecule has 1 saturated carbocycles. The van der Waals surface area contributed by atoms with Crippen LogP contribution in [-0.4, -0.2) is 32.3 Å². The summed E-state index contributed by atoms with van der Waals surface area (Å²) < 4.78 is 10.1. The van der Waals surface area contributed by atoms with E-state index in [9.17, 15) is 4.79 Å². The van der Waals surface area contributed by atoms with E-state index in [0.717, 1.165) is 18.7 Å². The van der Waals surface area contributed by atoms with Gasteiger partial charge in [0.15, 0.2) is 0 Å². The van der Waals surface area contributed by atoms with Gasteiger partial charge >= 0.3 is 5.97 Å². The lowest BCUT2D eigenvalue weighted by molar-refractivity contribution is -0.143.